The van der Waals surface area contributed by atoms with Gasteiger partial charge in [0, 0.05) is 12.6 Å². The van der Waals surface area contributed by atoms with E-state index < -0.39 is 0 Å². The molecule has 1 aromatic carbocycles. The normalized spacial score (nSPS) is 21.0. The van der Waals surface area contributed by atoms with Gasteiger partial charge in [0.25, 0.3) is 0 Å². The first kappa shape index (κ1) is 16.2. The van der Waals surface area contributed by atoms with Crippen LogP contribution in [0.2, 0.25) is 0 Å². The molecule has 1 N–H and O–H groups in total. The zero-order chi connectivity index (χ0) is 15.3. The highest BCUT2D eigenvalue weighted by Crippen LogP contribution is 2.35. The van der Waals surface area contributed by atoms with Gasteiger partial charge in [0.15, 0.2) is 11.5 Å². The Bertz CT molecular complexity index is 457. The van der Waals surface area contributed by atoms with E-state index in [4.69, 9.17) is 9.47 Å². The topological polar surface area (TPSA) is 30.5 Å². The van der Waals surface area contributed by atoms with E-state index in [0.717, 1.165) is 18.0 Å². The second-order valence-electron chi connectivity index (χ2n) is 6.59. The van der Waals surface area contributed by atoms with Crippen LogP contribution < -0.4 is 14.8 Å². The van der Waals surface area contributed by atoms with E-state index >= 15 is 0 Å². The van der Waals surface area contributed by atoms with E-state index in [2.05, 4.69) is 31.3 Å². The maximum absolute atomic E-state index is 5.57. The summed E-state index contributed by atoms with van der Waals surface area (Å²) < 4.78 is 11.0. The minimum Gasteiger partial charge on any atom is -0.493 e. The van der Waals surface area contributed by atoms with Crippen LogP contribution in [0.25, 0.3) is 0 Å². The molecule has 0 bridgehead atoms. The standard InChI is InChI=1S/C18H29NO2/c1-5-21-15-10-9-14(12-16(15)20-4)13-19-17-8-6-7-11-18(17,2)3/h9-10,12,17,19H,5-8,11,13H2,1-4H3. The Labute approximate surface area is 129 Å². The lowest BCUT2D eigenvalue weighted by Crippen LogP contribution is -2.43. The van der Waals surface area contributed by atoms with Crippen LogP contribution in [0.15, 0.2) is 18.2 Å². The molecular weight excluding hydrogens is 262 g/mol. The highest BCUT2D eigenvalue weighted by atomic mass is 16.5. The molecule has 1 saturated carbocycles. The van der Waals surface area contributed by atoms with Crippen molar-refractivity contribution < 1.29 is 9.47 Å². The van der Waals surface area contributed by atoms with Gasteiger partial charge in [-0.1, -0.05) is 32.8 Å². The summed E-state index contributed by atoms with van der Waals surface area (Å²) in [4.78, 5) is 0. The van der Waals surface area contributed by atoms with Crippen LogP contribution in [0, 0.1) is 5.41 Å². The molecule has 1 aliphatic carbocycles. The Balaban J connectivity index is 1.99. The summed E-state index contributed by atoms with van der Waals surface area (Å²) in [7, 11) is 1.69. The number of rotatable bonds is 6. The average molecular weight is 291 g/mol. The van der Waals surface area contributed by atoms with Crippen LogP contribution in [0.3, 0.4) is 0 Å². The van der Waals surface area contributed by atoms with E-state index in [0.29, 0.717) is 18.1 Å². The summed E-state index contributed by atoms with van der Waals surface area (Å²) in [6, 6.07) is 6.80. The van der Waals surface area contributed by atoms with E-state index in [1.165, 1.54) is 31.2 Å². The van der Waals surface area contributed by atoms with Crippen LogP contribution in [0.4, 0.5) is 0 Å². The second kappa shape index (κ2) is 7.17. The van der Waals surface area contributed by atoms with Crippen molar-refractivity contribution in [2.75, 3.05) is 13.7 Å². The molecule has 1 atom stereocenters. The average Bonchev–Trinajstić information content (AvgIpc) is 2.47. The molecule has 21 heavy (non-hydrogen) atoms. The van der Waals surface area contributed by atoms with Gasteiger partial charge in [-0.05, 0) is 42.9 Å². The van der Waals surface area contributed by atoms with Crippen molar-refractivity contribution in [2.45, 2.75) is 59.0 Å². The predicted molar refractivity (Wildman–Crippen MR) is 87.0 cm³/mol. The summed E-state index contributed by atoms with van der Waals surface area (Å²) >= 11 is 0. The summed E-state index contributed by atoms with van der Waals surface area (Å²) in [6.07, 6.45) is 5.30. The summed E-state index contributed by atoms with van der Waals surface area (Å²) in [5.41, 5.74) is 1.64. The highest BCUT2D eigenvalue weighted by Gasteiger charge is 2.31. The van der Waals surface area contributed by atoms with E-state index in [1.54, 1.807) is 7.11 Å². The second-order valence-corrected chi connectivity index (χ2v) is 6.59. The van der Waals surface area contributed by atoms with Crippen molar-refractivity contribution in [3.8, 4) is 11.5 Å². The maximum Gasteiger partial charge on any atom is 0.161 e. The van der Waals surface area contributed by atoms with Gasteiger partial charge >= 0.3 is 0 Å². The summed E-state index contributed by atoms with van der Waals surface area (Å²) in [5.74, 6) is 1.64. The fraction of sp³-hybridized carbons (Fsp3) is 0.667. The molecule has 3 heteroatoms. The van der Waals surface area contributed by atoms with E-state index in [1.807, 2.05) is 13.0 Å². The molecular formula is C18H29NO2. The smallest absolute Gasteiger partial charge is 0.161 e. The van der Waals surface area contributed by atoms with Crippen molar-refractivity contribution >= 4 is 0 Å². The molecule has 1 fully saturated rings. The molecule has 0 aromatic heterocycles. The van der Waals surface area contributed by atoms with Gasteiger partial charge in [0.2, 0.25) is 0 Å². The minimum atomic E-state index is 0.396. The molecule has 0 amide bonds. The maximum atomic E-state index is 5.57. The van der Waals surface area contributed by atoms with Crippen molar-refractivity contribution in [2.24, 2.45) is 5.41 Å². The van der Waals surface area contributed by atoms with Gasteiger partial charge < -0.3 is 14.8 Å². The largest absolute Gasteiger partial charge is 0.493 e. The van der Waals surface area contributed by atoms with Crippen LogP contribution >= 0.6 is 0 Å². The molecule has 1 unspecified atom stereocenters. The molecule has 2 rings (SSSR count). The first-order chi connectivity index (χ1) is 10.1. The van der Waals surface area contributed by atoms with Gasteiger partial charge in [-0.15, -0.1) is 0 Å². The quantitative estimate of drug-likeness (QED) is 0.854. The monoisotopic (exact) mass is 291 g/mol. The van der Waals surface area contributed by atoms with Gasteiger partial charge in [-0.3, -0.25) is 0 Å². The number of nitrogens with one attached hydrogen (secondary N) is 1. The zero-order valence-electron chi connectivity index (χ0n) is 13.9. The van der Waals surface area contributed by atoms with Gasteiger partial charge in [-0.25, -0.2) is 0 Å². The Morgan fingerprint density at radius 2 is 2.05 bits per heavy atom. The van der Waals surface area contributed by atoms with Gasteiger partial charge in [-0.2, -0.15) is 0 Å². The number of methoxy groups -OCH3 is 1. The molecule has 1 aliphatic rings. The third-order valence-corrected chi connectivity index (χ3v) is 4.59. The SMILES string of the molecule is CCOc1ccc(CNC2CCCCC2(C)C)cc1OC. The lowest BCUT2D eigenvalue weighted by atomic mass is 9.73. The first-order valence-electron chi connectivity index (χ1n) is 8.10. The van der Waals surface area contributed by atoms with Crippen LogP contribution in [0.5, 0.6) is 11.5 Å². The van der Waals surface area contributed by atoms with Crippen LogP contribution in [-0.2, 0) is 6.54 Å². The minimum absolute atomic E-state index is 0.396. The molecule has 0 heterocycles. The summed E-state index contributed by atoms with van der Waals surface area (Å²) in [5, 5.41) is 3.73. The van der Waals surface area contributed by atoms with E-state index in [-0.39, 0.29) is 0 Å². The Morgan fingerprint density at radius 3 is 2.71 bits per heavy atom. The lowest BCUT2D eigenvalue weighted by molar-refractivity contribution is 0.166. The Kier molecular flexibility index (Phi) is 5.51. The lowest BCUT2D eigenvalue weighted by Gasteiger charge is -2.39. The third kappa shape index (κ3) is 4.13. The number of hydrogen-bond donors (Lipinski definition) is 1. The van der Waals surface area contributed by atoms with Gasteiger partial charge in [0.05, 0.1) is 13.7 Å². The molecule has 0 aliphatic heterocycles. The number of hydrogen-bond acceptors (Lipinski definition) is 3. The van der Waals surface area contributed by atoms with Crippen molar-refractivity contribution in [1.29, 1.82) is 0 Å². The third-order valence-electron chi connectivity index (χ3n) is 4.59. The molecule has 0 spiro atoms. The highest BCUT2D eigenvalue weighted by molar-refractivity contribution is 5.42. The molecule has 118 valence electrons. The zero-order valence-corrected chi connectivity index (χ0v) is 13.9. The first-order valence-corrected chi connectivity index (χ1v) is 8.10. The summed E-state index contributed by atoms with van der Waals surface area (Å²) in [6.45, 7) is 8.28. The molecule has 3 nitrogen and oxygen atoms in total. The van der Waals surface area contributed by atoms with Crippen molar-refractivity contribution in [3.63, 3.8) is 0 Å². The molecule has 0 radical (unpaired) electrons. The number of ether oxygens (including phenoxy) is 2. The fourth-order valence-corrected chi connectivity index (χ4v) is 3.21. The Morgan fingerprint density at radius 1 is 1.24 bits per heavy atom. The molecule has 0 saturated heterocycles. The Hall–Kier alpha value is -1.22. The van der Waals surface area contributed by atoms with Gasteiger partial charge in [0.1, 0.15) is 0 Å². The van der Waals surface area contributed by atoms with Crippen LogP contribution in [0.1, 0.15) is 52.0 Å². The van der Waals surface area contributed by atoms with Crippen LogP contribution in [-0.4, -0.2) is 19.8 Å². The molecule has 1 aromatic rings. The predicted octanol–water partition coefficient (Wildman–Crippen LogP) is 4.15. The van der Waals surface area contributed by atoms with Crippen molar-refractivity contribution in [3.05, 3.63) is 23.8 Å². The van der Waals surface area contributed by atoms with E-state index in [9.17, 15) is 0 Å². The number of benzene rings is 1. The fourth-order valence-electron chi connectivity index (χ4n) is 3.21. The van der Waals surface area contributed by atoms with Crippen molar-refractivity contribution in [1.82, 2.24) is 5.32 Å².